The number of hydrogen-bond acceptors (Lipinski definition) is 4. The summed E-state index contributed by atoms with van der Waals surface area (Å²) in [5, 5.41) is 3.46. The topological polar surface area (TPSA) is 41.0 Å². The standard InChI is InChI=1S/C12H20N4/c1-2-16-6-3-11(10-16)7-14-9-12-8-13-4-5-15-12/h4-5,8,11,14H,2-3,6-7,9-10H2,1H3. The highest BCUT2D eigenvalue weighted by Crippen LogP contribution is 2.14. The van der Waals surface area contributed by atoms with E-state index in [1.165, 1.54) is 26.1 Å². The molecule has 1 unspecified atom stereocenters. The maximum absolute atomic E-state index is 4.24. The van der Waals surface area contributed by atoms with Gasteiger partial charge in [-0.1, -0.05) is 6.92 Å². The van der Waals surface area contributed by atoms with Crippen molar-refractivity contribution in [1.29, 1.82) is 0 Å². The molecule has 0 aromatic carbocycles. The Kier molecular flexibility index (Phi) is 4.25. The van der Waals surface area contributed by atoms with Crippen molar-refractivity contribution < 1.29 is 0 Å². The Bertz CT molecular complexity index is 301. The second-order valence-corrected chi connectivity index (χ2v) is 4.38. The van der Waals surface area contributed by atoms with Crippen molar-refractivity contribution >= 4 is 0 Å². The summed E-state index contributed by atoms with van der Waals surface area (Å²) in [4.78, 5) is 10.8. The summed E-state index contributed by atoms with van der Waals surface area (Å²) in [7, 11) is 0. The molecule has 88 valence electrons. The molecule has 1 atom stereocenters. The van der Waals surface area contributed by atoms with Gasteiger partial charge in [0.1, 0.15) is 0 Å². The molecule has 2 heterocycles. The lowest BCUT2D eigenvalue weighted by molar-refractivity contribution is 0.338. The molecule has 1 aliphatic heterocycles. The molecule has 4 heteroatoms. The molecule has 0 saturated carbocycles. The predicted molar refractivity (Wildman–Crippen MR) is 64.0 cm³/mol. The molecule has 4 nitrogen and oxygen atoms in total. The van der Waals surface area contributed by atoms with Gasteiger partial charge >= 0.3 is 0 Å². The molecular weight excluding hydrogens is 200 g/mol. The number of nitrogens with zero attached hydrogens (tertiary/aromatic N) is 3. The van der Waals surface area contributed by atoms with Crippen LogP contribution in [0.4, 0.5) is 0 Å². The highest BCUT2D eigenvalue weighted by Gasteiger charge is 2.20. The first-order valence-corrected chi connectivity index (χ1v) is 6.06. The highest BCUT2D eigenvalue weighted by molar-refractivity contribution is 4.93. The van der Waals surface area contributed by atoms with E-state index < -0.39 is 0 Å². The molecule has 2 rings (SSSR count). The number of hydrogen-bond donors (Lipinski definition) is 1. The summed E-state index contributed by atoms with van der Waals surface area (Å²) >= 11 is 0. The van der Waals surface area contributed by atoms with Gasteiger partial charge in [0.25, 0.3) is 0 Å². The number of rotatable bonds is 5. The lowest BCUT2D eigenvalue weighted by Crippen LogP contribution is -2.26. The van der Waals surface area contributed by atoms with E-state index >= 15 is 0 Å². The molecule has 1 aromatic rings. The third-order valence-electron chi connectivity index (χ3n) is 3.17. The maximum Gasteiger partial charge on any atom is 0.0724 e. The Hall–Kier alpha value is -1.00. The molecule has 0 bridgehead atoms. The largest absolute Gasteiger partial charge is 0.311 e. The Labute approximate surface area is 97.1 Å². The van der Waals surface area contributed by atoms with Crippen LogP contribution in [0.2, 0.25) is 0 Å². The Morgan fingerprint density at radius 1 is 1.50 bits per heavy atom. The zero-order valence-corrected chi connectivity index (χ0v) is 9.89. The molecule has 1 saturated heterocycles. The van der Waals surface area contributed by atoms with Crippen molar-refractivity contribution in [2.75, 3.05) is 26.2 Å². The first-order valence-electron chi connectivity index (χ1n) is 6.06. The van der Waals surface area contributed by atoms with Crippen LogP contribution in [0.1, 0.15) is 19.0 Å². The molecule has 0 aliphatic carbocycles. The van der Waals surface area contributed by atoms with Gasteiger partial charge in [-0.2, -0.15) is 0 Å². The first-order chi connectivity index (χ1) is 7.88. The Morgan fingerprint density at radius 2 is 2.44 bits per heavy atom. The summed E-state index contributed by atoms with van der Waals surface area (Å²) in [6, 6.07) is 0. The lowest BCUT2D eigenvalue weighted by atomic mass is 10.1. The number of nitrogens with one attached hydrogen (secondary N) is 1. The zero-order chi connectivity index (χ0) is 11.2. The summed E-state index contributed by atoms with van der Waals surface area (Å²) < 4.78 is 0. The van der Waals surface area contributed by atoms with Crippen LogP contribution < -0.4 is 5.32 Å². The third kappa shape index (κ3) is 3.25. The summed E-state index contributed by atoms with van der Waals surface area (Å²) in [5.74, 6) is 0.802. The van der Waals surface area contributed by atoms with Gasteiger partial charge in [-0.3, -0.25) is 9.97 Å². The predicted octanol–water partition coefficient (Wildman–Crippen LogP) is 0.908. The van der Waals surface area contributed by atoms with Gasteiger partial charge in [0.2, 0.25) is 0 Å². The molecular formula is C12H20N4. The van der Waals surface area contributed by atoms with Crippen molar-refractivity contribution in [3.63, 3.8) is 0 Å². The first kappa shape index (κ1) is 11.5. The second-order valence-electron chi connectivity index (χ2n) is 4.38. The van der Waals surface area contributed by atoms with Crippen molar-refractivity contribution in [2.45, 2.75) is 19.9 Å². The van der Waals surface area contributed by atoms with E-state index in [0.29, 0.717) is 0 Å². The van der Waals surface area contributed by atoms with Crippen LogP contribution in [0.3, 0.4) is 0 Å². The number of aromatic nitrogens is 2. The fourth-order valence-electron chi connectivity index (χ4n) is 2.19. The van der Waals surface area contributed by atoms with Crippen molar-refractivity contribution in [3.05, 3.63) is 24.3 Å². The van der Waals surface area contributed by atoms with E-state index in [9.17, 15) is 0 Å². The van der Waals surface area contributed by atoms with Gasteiger partial charge in [0, 0.05) is 31.7 Å². The van der Waals surface area contributed by atoms with Crippen LogP contribution in [0.15, 0.2) is 18.6 Å². The van der Waals surface area contributed by atoms with Crippen LogP contribution in [-0.4, -0.2) is 41.0 Å². The molecule has 1 aromatic heterocycles. The second kappa shape index (κ2) is 5.92. The normalized spacial score (nSPS) is 21.4. The van der Waals surface area contributed by atoms with Gasteiger partial charge in [-0.25, -0.2) is 0 Å². The zero-order valence-electron chi connectivity index (χ0n) is 9.89. The van der Waals surface area contributed by atoms with E-state index in [0.717, 1.165) is 24.7 Å². The van der Waals surface area contributed by atoms with E-state index in [4.69, 9.17) is 0 Å². The van der Waals surface area contributed by atoms with E-state index in [2.05, 4.69) is 27.1 Å². The van der Waals surface area contributed by atoms with E-state index in [1.54, 1.807) is 12.4 Å². The van der Waals surface area contributed by atoms with Gasteiger partial charge < -0.3 is 10.2 Å². The van der Waals surface area contributed by atoms with Gasteiger partial charge in [-0.05, 0) is 32.0 Å². The molecule has 1 fully saturated rings. The fourth-order valence-corrected chi connectivity index (χ4v) is 2.19. The smallest absolute Gasteiger partial charge is 0.0724 e. The highest BCUT2D eigenvalue weighted by atomic mass is 15.1. The van der Waals surface area contributed by atoms with Crippen molar-refractivity contribution in [1.82, 2.24) is 20.2 Å². The molecule has 0 amide bonds. The van der Waals surface area contributed by atoms with Crippen LogP contribution in [0.5, 0.6) is 0 Å². The van der Waals surface area contributed by atoms with E-state index in [-0.39, 0.29) is 0 Å². The average Bonchev–Trinajstić information content (AvgIpc) is 2.78. The minimum Gasteiger partial charge on any atom is -0.311 e. The van der Waals surface area contributed by atoms with Gasteiger partial charge in [0.15, 0.2) is 0 Å². The summed E-state index contributed by atoms with van der Waals surface area (Å²) in [5.41, 5.74) is 1.02. The van der Waals surface area contributed by atoms with Crippen molar-refractivity contribution in [2.24, 2.45) is 5.92 Å². The van der Waals surface area contributed by atoms with Crippen LogP contribution in [-0.2, 0) is 6.54 Å². The van der Waals surface area contributed by atoms with Crippen molar-refractivity contribution in [3.8, 4) is 0 Å². The van der Waals surface area contributed by atoms with E-state index in [1.807, 2.05) is 6.20 Å². The Morgan fingerprint density at radius 3 is 3.12 bits per heavy atom. The quantitative estimate of drug-likeness (QED) is 0.801. The monoisotopic (exact) mass is 220 g/mol. The minimum atomic E-state index is 0.802. The summed E-state index contributed by atoms with van der Waals surface area (Å²) in [6.45, 7) is 7.83. The van der Waals surface area contributed by atoms with Gasteiger partial charge in [-0.15, -0.1) is 0 Å². The third-order valence-corrected chi connectivity index (χ3v) is 3.17. The molecule has 1 aliphatic rings. The summed E-state index contributed by atoms with van der Waals surface area (Å²) in [6.07, 6.45) is 6.59. The van der Waals surface area contributed by atoms with Crippen LogP contribution >= 0.6 is 0 Å². The maximum atomic E-state index is 4.24. The van der Waals surface area contributed by atoms with Gasteiger partial charge in [0.05, 0.1) is 5.69 Å². The number of likely N-dealkylation sites (tertiary alicyclic amines) is 1. The van der Waals surface area contributed by atoms with Crippen LogP contribution in [0.25, 0.3) is 0 Å². The average molecular weight is 220 g/mol. The van der Waals surface area contributed by atoms with Crippen LogP contribution in [0, 0.1) is 5.92 Å². The molecule has 1 N–H and O–H groups in total. The SMILES string of the molecule is CCN1CCC(CNCc2cnccn2)C1. The molecule has 0 radical (unpaired) electrons. The molecule has 0 spiro atoms. The minimum absolute atomic E-state index is 0.802. The Balaban J connectivity index is 1.65. The molecule has 16 heavy (non-hydrogen) atoms. The lowest BCUT2D eigenvalue weighted by Gasteiger charge is -2.13. The fraction of sp³-hybridized carbons (Fsp3) is 0.667.